The van der Waals surface area contributed by atoms with Gasteiger partial charge < -0.3 is 4.74 Å². The summed E-state index contributed by atoms with van der Waals surface area (Å²) in [6.07, 6.45) is 1.83. The molecular formula is C28H28FN3O3S. The fraction of sp³-hybridized carbons (Fsp3) is 0.321. The third-order valence-corrected chi connectivity index (χ3v) is 9.68. The Balaban J connectivity index is 1.43. The van der Waals surface area contributed by atoms with Crippen LogP contribution in [0.1, 0.15) is 22.6 Å². The minimum atomic E-state index is -3.41. The predicted octanol–water partition coefficient (Wildman–Crippen LogP) is 4.42. The van der Waals surface area contributed by atoms with E-state index in [9.17, 15) is 12.8 Å². The highest BCUT2D eigenvalue weighted by atomic mass is 32.2. The van der Waals surface area contributed by atoms with Gasteiger partial charge in [0.2, 0.25) is 10.0 Å². The van der Waals surface area contributed by atoms with E-state index in [-0.39, 0.29) is 35.4 Å². The van der Waals surface area contributed by atoms with Gasteiger partial charge in [-0.1, -0.05) is 30.3 Å². The predicted molar refractivity (Wildman–Crippen MR) is 137 cm³/mol. The molecule has 3 unspecified atom stereocenters. The quantitative estimate of drug-likeness (QED) is 0.373. The van der Waals surface area contributed by atoms with Crippen LogP contribution < -0.4 is 0 Å². The summed E-state index contributed by atoms with van der Waals surface area (Å²) in [6.45, 7) is 3.25. The third kappa shape index (κ3) is 3.58. The van der Waals surface area contributed by atoms with Crippen LogP contribution in [0.15, 0.2) is 72.9 Å². The number of piperidine rings is 1. The summed E-state index contributed by atoms with van der Waals surface area (Å²) < 4.78 is 48.1. The first-order valence-corrected chi connectivity index (χ1v) is 13.7. The number of fused-ring (bicyclic) bond motifs is 2. The highest BCUT2D eigenvalue weighted by Crippen LogP contribution is 2.70. The van der Waals surface area contributed by atoms with Crippen molar-refractivity contribution < 1.29 is 17.5 Å². The summed E-state index contributed by atoms with van der Waals surface area (Å²) in [6, 6.07) is 21.0. The van der Waals surface area contributed by atoms with Crippen LogP contribution in [0.4, 0.5) is 4.39 Å². The second-order valence-electron chi connectivity index (χ2n) is 9.90. The molecule has 0 radical (unpaired) electrons. The lowest BCUT2D eigenvalue weighted by Crippen LogP contribution is -2.37. The van der Waals surface area contributed by atoms with E-state index in [4.69, 9.17) is 4.74 Å². The molecule has 1 saturated heterocycles. The summed E-state index contributed by atoms with van der Waals surface area (Å²) in [7, 11) is -1.88. The van der Waals surface area contributed by atoms with E-state index in [1.165, 1.54) is 30.4 Å². The smallest absolute Gasteiger partial charge is 0.216 e. The Morgan fingerprint density at radius 3 is 2.58 bits per heavy atom. The van der Waals surface area contributed by atoms with E-state index in [0.29, 0.717) is 13.1 Å². The molecule has 8 heteroatoms. The molecule has 1 saturated carbocycles. The molecule has 36 heavy (non-hydrogen) atoms. The van der Waals surface area contributed by atoms with Crippen molar-refractivity contribution in [2.24, 2.45) is 5.92 Å². The van der Waals surface area contributed by atoms with Crippen molar-refractivity contribution in [3.05, 3.63) is 95.4 Å². The normalized spacial score (nSPS) is 23.8. The summed E-state index contributed by atoms with van der Waals surface area (Å²) in [4.78, 5) is 0. The molecule has 1 aromatic heterocycles. The zero-order valence-corrected chi connectivity index (χ0v) is 21.1. The Kier molecular flexibility index (Phi) is 5.51. The number of methoxy groups -OCH3 is 1. The summed E-state index contributed by atoms with van der Waals surface area (Å²) >= 11 is 0. The van der Waals surface area contributed by atoms with Crippen molar-refractivity contribution in [2.75, 3.05) is 32.6 Å². The number of halogens is 1. The van der Waals surface area contributed by atoms with E-state index >= 15 is 0 Å². The number of nitrogens with zero attached hydrogens (tertiary/aromatic N) is 3. The van der Waals surface area contributed by atoms with Crippen LogP contribution in [0.3, 0.4) is 0 Å². The number of sulfonamides is 1. The SMILES string of the molecule is COCCS(=O)(=O)N1CC2C(c3ccccc3)C2(c2cc3cnn(-c4ccc(F)cc4)c3cc2C)C1. The van der Waals surface area contributed by atoms with Gasteiger partial charge >= 0.3 is 0 Å². The average Bonchev–Trinajstić information content (AvgIpc) is 3.15. The van der Waals surface area contributed by atoms with Crippen LogP contribution in [-0.4, -0.2) is 55.1 Å². The van der Waals surface area contributed by atoms with Gasteiger partial charge in [0.05, 0.1) is 29.8 Å². The van der Waals surface area contributed by atoms with E-state index in [1.807, 2.05) is 29.1 Å². The highest BCUT2D eigenvalue weighted by molar-refractivity contribution is 7.89. The first-order valence-electron chi connectivity index (χ1n) is 12.1. The van der Waals surface area contributed by atoms with Crippen molar-refractivity contribution in [3.63, 3.8) is 0 Å². The van der Waals surface area contributed by atoms with E-state index < -0.39 is 10.0 Å². The van der Waals surface area contributed by atoms with Gasteiger partial charge in [0, 0.05) is 36.9 Å². The molecule has 1 aliphatic heterocycles. The molecule has 1 aliphatic carbocycles. The first kappa shape index (κ1) is 23.3. The summed E-state index contributed by atoms with van der Waals surface area (Å²) in [5.74, 6) is 0.173. The van der Waals surface area contributed by atoms with Gasteiger partial charge in [-0.15, -0.1) is 0 Å². The maximum absolute atomic E-state index is 13.5. The van der Waals surface area contributed by atoms with Gasteiger partial charge in [-0.05, 0) is 65.9 Å². The maximum Gasteiger partial charge on any atom is 0.216 e. The van der Waals surface area contributed by atoms with Crippen molar-refractivity contribution in [3.8, 4) is 5.69 Å². The lowest BCUT2D eigenvalue weighted by Gasteiger charge is -2.25. The third-order valence-electron chi connectivity index (χ3n) is 7.93. The largest absolute Gasteiger partial charge is 0.384 e. The molecular weight excluding hydrogens is 477 g/mol. The number of rotatable bonds is 7. The Bertz CT molecular complexity index is 1540. The van der Waals surface area contributed by atoms with Gasteiger partial charge in [-0.25, -0.2) is 21.8 Å². The molecule has 6 rings (SSSR count). The summed E-state index contributed by atoms with van der Waals surface area (Å²) in [5.41, 5.74) is 4.98. The van der Waals surface area contributed by atoms with Crippen LogP contribution in [0, 0.1) is 18.7 Å². The van der Waals surface area contributed by atoms with Gasteiger partial charge in [-0.3, -0.25) is 0 Å². The molecule has 4 aromatic rings. The maximum atomic E-state index is 13.5. The zero-order chi connectivity index (χ0) is 25.1. The molecule has 2 fully saturated rings. The van der Waals surface area contributed by atoms with Crippen LogP contribution in [0.2, 0.25) is 0 Å². The van der Waals surface area contributed by atoms with Gasteiger partial charge in [0.15, 0.2) is 0 Å². The fourth-order valence-electron chi connectivity index (χ4n) is 6.22. The van der Waals surface area contributed by atoms with Gasteiger partial charge in [-0.2, -0.15) is 5.10 Å². The molecule has 186 valence electrons. The molecule has 2 heterocycles. The molecule has 6 nitrogen and oxygen atoms in total. The number of aromatic nitrogens is 2. The Morgan fingerprint density at radius 1 is 1.11 bits per heavy atom. The first-order chi connectivity index (χ1) is 17.3. The van der Waals surface area contributed by atoms with Crippen LogP contribution in [-0.2, 0) is 20.2 Å². The topological polar surface area (TPSA) is 64.4 Å². The van der Waals surface area contributed by atoms with Crippen molar-refractivity contribution in [2.45, 2.75) is 18.3 Å². The van der Waals surface area contributed by atoms with E-state index in [1.54, 1.807) is 16.4 Å². The van der Waals surface area contributed by atoms with E-state index in [2.05, 4.69) is 36.3 Å². The number of aryl methyl sites for hydroxylation is 1. The molecule has 3 aromatic carbocycles. The molecule has 0 amide bonds. The second-order valence-corrected chi connectivity index (χ2v) is 12.0. The molecule has 0 N–H and O–H groups in total. The van der Waals surface area contributed by atoms with E-state index in [0.717, 1.165) is 22.2 Å². The van der Waals surface area contributed by atoms with Crippen molar-refractivity contribution >= 4 is 20.9 Å². The van der Waals surface area contributed by atoms with Gasteiger partial charge in [0.1, 0.15) is 5.82 Å². The second kappa shape index (κ2) is 8.50. The number of hydrogen-bond acceptors (Lipinski definition) is 4. The molecule has 3 atom stereocenters. The lowest BCUT2D eigenvalue weighted by atomic mass is 9.87. The number of benzene rings is 3. The molecule has 0 bridgehead atoms. The zero-order valence-electron chi connectivity index (χ0n) is 20.3. The van der Waals surface area contributed by atoms with Crippen molar-refractivity contribution in [1.29, 1.82) is 0 Å². The minimum absolute atomic E-state index is 0.00917. The standard InChI is InChI=1S/C28H28FN3O3S/c1-19-14-26-21(16-30-32(26)23-10-8-22(29)9-11-23)15-24(19)28-18-31(36(33,34)13-12-35-2)17-25(28)27(28)20-6-4-3-5-7-20/h3-11,14-16,25,27H,12-13,17-18H2,1-2H3. The Hall–Kier alpha value is -3.07. The monoisotopic (exact) mass is 505 g/mol. The summed E-state index contributed by atoms with van der Waals surface area (Å²) in [5, 5.41) is 5.56. The Labute approximate surface area is 210 Å². The van der Waals surface area contributed by atoms with Crippen LogP contribution >= 0.6 is 0 Å². The average molecular weight is 506 g/mol. The van der Waals surface area contributed by atoms with Crippen molar-refractivity contribution in [1.82, 2.24) is 14.1 Å². The fourth-order valence-corrected chi connectivity index (χ4v) is 7.65. The highest BCUT2D eigenvalue weighted by Gasteiger charge is 2.71. The van der Waals surface area contributed by atoms with Crippen LogP contribution in [0.25, 0.3) is 16.6 Å². The molecule has 2 aliphatic rings. The van der Waals surface area contributed by atoms with Gasteiger partial charge in [0.25, 0.3) is 0 Å². The number of hydrogen-bond donors (Lipinski definition) is 0. The van der Waals surface area contributed by atoms with Crippen LogP contribution in [0.5, 0.6) is 0 Å². The number of ether oxygens (including phenoxy) is 1. The molecule has 0 spiro atoms. The minimum Gasteiger partial charge on any atom is -0.384 e. The lowest BCUT2D eigenvalue weighted by molar-refractivity contribution is 0.215. The Morgan fingerprint density at radius 2 is 1.86 bits per heavy atom.